The fourth-order valence-corrected chi connectivity index (χ4v) is 3.29. The van der Waals surface area contributed by atoms with Crippen molar-refractivity contribution in [1.29, 1.82) is 0 Å². The second-order valence-electron chi connectivity index (χ2n) is 6.10. The van der Waals surface area contributed by atoms with E-state index in [1.807, 2.05) is 0 Å². The molecule has 31 heavy (non-hydrogen) atoms. The first-order valence-corrected chi connectivity index (χ1v) is 9.70. The van der Waals surface area contributed by atoms with Crippen LogP contribution in [0.15, 0.2) is 51.6 Å². The Morgan fingerprint density at radius 3 is 2.32 bits per heavy atom. The molecule has 0 unspecified atom stereocenters. The number of nitro benzene ring substituents is 1. The molecule has 0 atom stereocenters. The summed E-state index contributed by atoms with van der Waals surface area (Å²) in [5, 5.41) is 29.3. The normalized spacial score (nSPS) is 11.3. The summed E-state index contributed by atoms with van der Waals surface area (Å²) in [4.78, 5) is 21.7. The molecule has 1 radical (unpaired) electrons. The van der Waals surface area contributed by atoms with Crippen molar-refractivity contribution >= 4 is 62.6 Å². The van der Waals surface area contributed by atoms with Crippen molar-refractivity contribution in [3.8, 4) is 5.75 Å². The number of rotatable bonds is 8. The Morgan fingerprint density at radius 1 is 1.16 bits per heavy atom. The summed E-state index contributed by atoms with van der Waals surface area (Å²) >= 11 is 0. The van der Waals surface area contributed by atoms with Gasteiger partial charge in [0.2, 0.25) is 10.0 Å². The van der Waals surface area contributed by atoms with Crippen molar-refractivity contribution in [2.75, 3.05) is 33.3 Å². The molecule has 0 saturated heterocycles. The zero-order valence-electron chi connectivity index (χ0n) is 17.5. The van der Waals surface area contributed by atoms with Gasteiger partial charge in [0.05, 0.1) is 34.2 Å². The van der Waals surface area contributed by atoms with E-state index >= 15 is 0 Å². The van der Waals surface area contributed by atoms with E-state index in [4.69, 9.17) is 4.74 Å². The largest absolute Gasteiger partial charge is 0.494 e. The Labute approximate surface area is 200 Å². The minimum atomic E-state index is -3.82. The number of sulfonamides is 1. The molecule has 2 rings (SSSR count). The molecule has 0 fully saturated rings. The van der Waals surface area contributed by atoms with Gasteiger partial charge in [-0.25, -0.2) is 22.5 Å². The number of carboxylic acids is 1. The van der Waals surface area contributed by atoms with Crippen molar-refractivity contribution in [2.45, 2.75) is 4.90 Å². The fourth-order valence-electron chi connectivity index (χ4n) is 2.37. The van der Waals surface area contributed by atoms with Crippen LogP contribution in [0.2, 0.25) is 0 Å². The molecule has 0 bridgehead atoms. The van der Waals surface area contributed by atoms with E-state index in [1.54, 1.807) is 0 Å². The first-order valence-electron chi connectivity index (χ1n) is 8.26. The van der Waals surface area contributed by atoms with Crippen LogP contribution in [-0.2, 0) is 10.0 Å². The monoisotopic (exact) mass is 460 g/mol. The predicted molar refractivity (Wildman–Crippen MR) is 113 cm³/mol. The third-order valence-electron chi connectivity index (χ3n) is 3.99. The summed E-state index contributed by atoms with van der Waals surface area (Å²) in [6.45, 7) is 0. The molecule has 1 N–H and O–H groups in total. The van der Waals surface area contributed by atoms with E-state index < -0.39 is 20.9 Å². The van der Waals surface area contributed by atoms with Crippen LogP contribution in [0.4, 0.5) is 17.1 Å². The number of benzene rings is 2. The van der Waals surface area contributed by atoms with Crippen LogP contribution in [0.5, 0.6) is 5.75 Å². The van der Waals surface area contributed by atoms with Gasteiger partial charge >= 0.3 is 5.97 Å². The molecular formula is C17H19N5NaO7S. The van der Waals surface area contributed by atoms with Crippen molar-refractivity contribution in [3.63, 3.8) is 0 Å². The molecule has 0 aliphatic rings. The standard InChI is InChI=1S/C17H19N5O7S.Na/c1-20(2)30(27,28)12-6-8-15(13(10-12)17(23)24)21(3)19-18-14-7-5-11(22(25)26)9-16(14)29-4;/h5-10H,1-4H3,(H,23,24);. The Balaban J connectivity index is 0.00000480. The van der Waals surface area contributed by atoms with Gasteiger partial charge in [0.15, 0.2) is 5.75 Å². The van der Waals surface area contributed by atoms with Crippen molar-refractivity contribution in [2.24, 2.45) is 10.3 Å². The number of hydrogen-bond donors (Lipinski definition) is 1. The molecule has 0 amide bonds. The van der Waals surface area contributed by atoms with Gasteiger partial charge in [0.1, 0.15) is 5.69 Å². The molecule has 161 valence electrons. The topological polar surface area (TPSA) is 155 Å². The van der Waals surface area contributed by atoms with Crippen molar-refractivity contribution < 1.29 is 28.0 Å². The van der Waals surface area contributed by atoms with E-state index in [2.05, 4.69) is 10.3 Å². The maximum atomic E-state index is 12.3. The Morgan fingerprint density at radius 2 is 1.81 bits per heavy atom. The van der Waals surface area contributed by atoms with Gasteiger partial charge in [-0.2, -0.15) is 0 Å². The summed E-state index contributed by atoms with van der Waals surface area (Å²) < 4.78 is 30.6. The van der Waals surface area contributed by atoms with Gasteiger partial charge < -0.3 is 9.84 Å². The number of anilines is 1. The Kier molecular flexibility index (Phi) is 9.08. The van der Waals surface area contributed by atoms with Crippen LogP contribution in [0.1, 0.15) is 10.4 Å². The average Bonchev–Trinajstić information content (AvgIpc) is 2.70. The number of non-ortho nitro benzene ring substituents is 1. The van der Waals surface area contributed by atoms with Crippen LogP contribution in [0, 0.1) is 10.1 Å². The molecule has 12 nitrogen and oxygen atoms in total. The second-order valence-corrected chi connectivity index (χ2v) is 8.25. The average molecular weight is 460 g/mol. The minimum absolute atomic E-state index is 0. The van der Waals surface area contributed by atoms with Gasteiger partial charge in [0.25, 0.3) is 5.69 Å². The Hall–Kier alpha value is -2.58. The van der Waals surface area contributed by atoms with Crippen LogP contribution < -0.4 is 9.75 Å². The first-order chi connectivity index (χ1) is 14.0. The molecule has 2 aromatic carbocycles. The summed E-state index contributed by atoms with van der Waals surface area (Å²) in [6.07, 6.45) is 0. The van der Waals surface area contributed by atoms with Gasteiger partial charge in [-0.3, -0.25) is 10.1 Å². The molecule has 0 aliphatic heterocycles. The van der Waals surface area contributed by atoms with E-state index in [1.165, 1.54) is 58.6 Å². The van der Waals surface area contributed by atoms with Gasteiger partial charge in [0, 0.05) is 56.8 Å². The zero-order valence-corrected chi connectivity index (χ0v) is 20.3. The van der Waals surface area contributed by atoms with Crippen molar-refractivity contribution in [3.05, 3.63) is 52.1 Å². The molecule has 14 heteroatoms. The SMILES string of the molecule is COc1cc([N+](=O)[O-])ccc1N=NN(C)c1ccc(S(=O)(=O)N(C)C)cc1C(=O)O.[Na]. The van der Waals surface area contributed by atoms with E-state index in [0.29, 0.717) is 0 Å². The third-order valence-corrected chi connectivity index (χ3v) is 5.80. The third kappa shape index (κ3) is 5.98. The summed E-state index contributed by atoms with van der Waals surface area (Å²) in [5.41, 5.74) is -0.219. The molecule has 0 aromatic heterocycles. The number of nitrogens with zero attached hydrogens (tertiary/aromatic N) is 5. The molecule has 2 aromatic rings. The quantitative estimate of drug-likeness (QED) is 0.272. The van der Waals surface area contributed by atoms with E-state index in [9.17, 15) is 28.4 Å². The number of methoxy groups -OCH3 is 1. The van der Waals surface area contributed by atoms with Crippen LogP contribution in [0.3, 0.4) is 0 Å². The number of ether oxygens (including phenoxy) is 1. The predicted octanol–water partition coefficient (Wildman–Crippen LogP) is 2.31. The molecule has 0 aliphatic carbocycles. The fraction of sp³-hybridized carbons (Fsp3) is 0.235. The molecule has 0 saturated carbocycles. The molecule has 0 heterocycles. The van der Waals surface area contributed by atoms with Gasteiger partial charge in [-0.1, -0.05) is 5.22 Å². The van der Waals surface area contributed by atoms with Gasteiger partial charge in [-0.15, -0.1) is 5.11 Å². The number of carboxylic acid groups (broad SMARTS) is 1. The maximum absolute atomic E-state index is 12.3. The van der Waals surface area contributed by atoms with E-state index in [0.717, 1.165) is 15.4 Å². The summed E-state index contributed by atoms with van der Waals surface area (Å²) in [7, 11) is 1.58. The second kappa shape index (κ2) is 10.6. The van der Waals surface area contributed by atoms with Crippen LogP contribution in [-0.4, -0.2) is 86.5 Å². The minimum Gasteiger partial charge on any atom is -0.494 e. The van der Waals surface area contributed by atoms with Crippen molar-refractivity contribution in [1.82, 2.24) is 4.31 Å². The number of carbonyl (C=O) groups is 1. The van der Waals surface area contributed by atoms with Gasteiger partial charge in [-0.05, 0) is 24.3 Å². The Bertz CT molecular complexity index is 1120. The first kappa shape index (κ1) is 26.5. The summed E-state index contributed by atoms with van der Waals surface area (Å²) in [5.74, 6) is -1.25. The zero-order chi connectivity index (χ0) is 22.6. The molecular weight excluding hydrogens is 441 g/mol. The maximum Gasteiger partial charge on any atom is 0.337 e. The molecule has 0 spiro atoms. The smallest absolute Gasteiger partial charge is 0.337 e. The summed E-state index contributed by atoms with van der Waals surface area (Å²) in [6, 6.07) is 7.32. The van der Waals surface area contributed by atoms with Crippen LogP contribution >= 0.6 is 0 Å². The number of aromatic carboxylic acids is 1. The number of hydrogen-bond acceptors (Lipinski definition) is 8. The number of nitro groups is 1. The van der Waals surface area contributed by atoms with Crippen LogP contribution in [0.25, 0.3) is 0 Å². The van der Waals surface area contributed by atoms with E-state index in [-0.39, 0.29) is 62.8 Å².